The predicted molar refractivity (Wildman–Crippen MR) is 64.2 cm³/mol. The largest absolute Gasteiger partial charge is 0.465 e. The van der Waals surface area contributed by atoms with E-state index in [1.807, 2.05) is 4.40 Å². The van der Waals surface area contributed by atoms with E-state index in [-0.39, 0.29) is 5.97 Å². The van der Waals surface area contributed by atoms with Crippen LogP contribution in [0.3, 0.4) is 0 Å². The zero-order chi connectivity index (χ0) is 12.5. The van der Waals surface area contributed by atoms with E-state index in [2.05, 4.69) is 15.5 Å². The normalized spacial score (nSPS) is 14.9. The van der Waals surface area contributed by atoms with Gasteiger partial charge in [0.25, 0.3) is 0 Å². The smallest absolute Gasteiger partial charge is 0.339 e. The van der Waals surface area contributed by atoms with Gasteiger partial charge in [0, 0.05) is 12.2 Å². The summed E-state index contributed by atoms with van der Waals surface area (Å²) in [5.41, 5.74) is 1.23. The number of pyridine rings is 1. The average molecular weight is 246 g/mol. The third-order valence-electron chi connectivity index (χ3n) is 3.02. The van der Waals surface area contributed by atoms with Crippen LogP contribution in [-0.2, 0) is 11.3 Å². The Morgan fingerprint density at radius 3 is 3.06 bits per heavy atom. The van der Waals surface area contributed by atoms with Crippen LogP contribution >= 0.6 is 0 Å². The van der Waals surface area contributed by atoms with Crippen molar-refractivity contribution in [2.24, 2.45) is 0 Å². The van der Waals surface area contributed by atoms with E-state index >= 15 is 0 Å². The molecule has 0 unspecified atom stereocenters. The molecule has 0 atom stereocenters. The van der Waals surface area contributed by atoms with Gasteiger partial charge in [0.2, 0.25) is 0 Å². The van der Waals surface area contributed by atoms with Crippen LogP contribution < -0.4 is 5.32 Å². The van der Waals surface area contributed by atoms with Crippen molar-refractivity contribution in [3.63, 3.8) is 0 Å². The van der Waals surface area contributed by atoms with Crippen molar-refractivity contribution in [3.8, 4) is 0 Å². The Morgan fingerprint density at radius 1 is 1.50 bits per heavy atom. The van der Waals surface area contributed by atoms with Gasteiger partial charge in [-0.1, -0.05) is 0 Å². The number of rotatable bonds is 4. The van der Waals surface area contributed by atoms with Gasteiger partial charge in [-0.3, -0.25) is 4.40 Å². The van der Waals surface area contributed by atoms with Crippen LogP contribution in [0.2, 0.25) is 0 Å². The Kier molecular flexibility index (Phi) is 2.71. The van der Waals surface area contributed by atoms with Crippen molar-refractivity contribution >= 4 is 11.6 Å². The zero-order valence-corrected chi connectivity index (χ0v) is 10.1. The number of aromatic nitrogens is 3. The molecule has 0 saturated heterocycles. The number of hydrogen-bond donors (Lipinski definition) is 1. The molecule has 3 rings (SSSR count). The molecule has 2 aromatic rings. The second-order valence-corrected chi connectivity index (χ2v) is 4.41. The minimum absolute atomic E-state index is 0.355. The first kappa shape index (κ1) is 11.2. The Balaban J connectivity index is 1.90. The van der Waals surface area contributed by atoms with Gasteiger partial charge in [-0.25, -0.2) is 4.79 Å². The summed E-state index contributed by atoms with van der Waals surface area (Å²) < 4.78 is 6.52. The second-order valence-electron chi connectivity index (χ2n) is 4.41. The maximum Gasteiger partial charge on any atom is 0.339 e. The highest BCUT2D eigenvalue weighted by atomic mass is 16.5. The fourth-order valence-electron chi connectivity index (χ4n) is 1.82. The van der Waals surface area contributed by atoms with Crippen LogP contribution in [0.15, 0.2) is 18.3 Å². The molecule has 1 N–H and O–H groups in total. The van der Waals surface area contributed by atoms with Crippen LogP contribution in [0.4, 0.5) is 0 Å². The molecule has 0 radical (unpaired) electrons. The summed E-state index contributed by atoms with van der Waals surface area (Å²) in [4.78, 5) is 11.5. The highest BCUT2D eigenvalue weighted by molar-refractivity contribution is 5.89. The molecule has 1 saturated carbocycles. The maximum absolute atomic E-state index is 11.5. The molecule has 1 fully saturated rings. The average Bonchev–Trinajstić information content (AvgIpc) is 3.15. The number of carbonyl (C=O) groups excluding carboxylic acids is 1. The Hall–Kier alpha value is -1.95. The SMILES string of the molecule is COC(=O)c1ccc2nnc(CNC3CC3)n2c1. The predicted octanol–water partition coefficient (Wildman–Crippen LogP) is 0.768. The van der Waals surface area contributed by atoms with Crippen molar-refractivity contribution < 1.29 is 9.53 Å². The van der Waals surface area contributed by atoms with Crippen molar-refractivity contribution in [2.45, 2.75) is 25.4 Å². The summed E-state index contributed by atoms with van der Waals surface area (Å²) in [6.45, 7) is 0.663. The number of ether oxygens (including phenoxy) is 1. The number of methoxy groups -OCH3 is 1. The van der Waals surface area contributed by atoms with Crippen molar-refractivity contribution in [2.75, 3.05) is 7.11 Å². The molecule has 2 aromatic heterocycles. The van der Waals surface area contributed by atoms with E-state index in [9.17, 15) is 4.79 Å². The molecular weight excluding hydrogens is 232 g/mol. The molecule has 6 nitrogen and oxygen atoms in total. The highest BCUT2D eigenvalue weighted by Gasteiger charge is 2.21. The Labute approximate surface area is 104 Å². The third-order valence-corrected chi connectivity index (χ3v) is 3.02. The number of nitrogens with one attached hydrogen (secondary N) is 1. The summed E-state index contributed by atoms with van der Waals surface area (Å²) in [6.07, 6.45) is 4.17. The van der Waals surface area contributed by atoms with E-state index in [0.29, 0.717) is 18.2 Å². The lowest BCUT2D eigenvalue weighted by Gasteiger charge is -2.03. The monoisotopic (exact) mass is 246 g/mol. The first-order valence-corrected chi connectivity index (χ1v) is 5.93. The molecule has 18 heavy (non-hydrogen) atoms. The molecule has 6 heteroatoms. The van der Waals surface area contributed by atoms with Gasteiger partial charge in [-0.15, -0.1) is 10.2 Å². The molecule has 0 aromatic carbocycles. The number of esters is 1. The summed E-state index contributed by atoms with van der Waals surface area (Å²) >= 11 is 0. The van der Waals surface area contributed by atoms with Crippen LogP contribution in [0.25, 0.3) is 5.65 Å². The molecule has 2 heterocycles. The lowest BCUT2D eigenvalue weighted by atomic mass is 10.3. The number of fused-ring (bicyclic) bond motifs is 1. The summed E-state index contributed by atoms with van der Waals surface area (Å²) in [5.74, 6) is 0.453. The standard InChI is InChI=1S/C12H14N4O2/c1-18-12(17)8-2-5-10-14-15-11(16(10)7-8)6-13-9-3-4-9/h2,5,7,9,13H,3-4,6H2,1H3. The molecule has 0 spiro atoms. The van der Waals surface area contributed by atoms with E-state index in [0.717, 1.165) is 11.5 Å². The van der Waals surface area contributed by atoms with Crippen LogP contribution in [-0.4, -0.2) is 33.7 Å². The molecule has 1 aliphatic rings. The minimum atomic E-state index is -0.355. The summed E-state index contributed by atoms with van der Waals surface area (Å²) in [6, 6.07) is 4.06. The van der Waals surface area contributed by atoms with Gasteiger partial charge in [0.1, 0.15) is 0 Å². The minimum Gasteiger partial charge on any atom is -0.465 e. The summed E-state index contributed by atoms with van der Waals surface area (Å²) in [5, 5.41) is 11.6. The van der Waals surface area contributed by atoms with E-state index in [4.69, 9.17) is 4.74 Å². The molecular formula is C12H14N4O2. The van der Waals surface area contributed by atoms with Crippen LogP contribution in [0.5, 0.6) is 0 Å². The third kappa shape index (κ3) is 2.06. The molecule has 0 aliphatic heterocycles. The van der Waals surface area contributed by atoms with E-state index in [1.165, 1.54) is 20.0 Å². The summed E-state index contributed by atoms with van der Waals surface area (Å²) in [7, 11) is 1.37. The zero-order valence-electron chi connectivity index (χ0n) is 10.1. The highest BCUT2D eigenvalue weighted by Crippen LogP contribution is 2.19. The number of nitrogens with zero attached hydrogens (tertiary/aromatic N) is 3. The van der Waals surface area contributed by atoms with E-state index < -0.39 is 0 Å². The topological polar surface area (TPSA) is 68.5 Å². The van der Waals surface area contributed by atoms with Crippen molar-refractivity contribution in [1.82, 2.24) is 19.9 Å². The van der Waals surface area contributed by atoms with Crippen LogP contribution in [0.1, 0.15) is 29.0 Å². The van der Waals surface area contributed by atoms with Gasteiger partial charge in [-0.2, -0.15) is 0 Å². The van der Waals surface area contributed by atoms with Crippen molar-refractivity contribution in [3.05, 3.63) is 29.7 Å². The lowest BCUT2D eigenvalue weighted by molar-refractivity contribution is 0.0600. The Bertz CT molecular complexity index is 589. The van der Waals surface area contributed by atoms with Gasteiger partial charge in [-0.05, 0) is 25.0 Å². The van der Waals surface area contributed by atoms with Gasteiger partial charge >= 0.3 is 5.97 Å². The van der Waals surface area contributed by atoms with Gasteiger partial charge < -0.3 is 10.1 Å². The maximum atomic E-state index is 11.5. The first-order chi connectivity index (χ1) is 8.78. The number of hydrogen-bond acceptors (Lipinski definition) is 5. The van der Waals surface area contributed by atoms with Gasteiger partial charge in [0.05, 0.1) is 19.2 Å². The fourth-order valence-corrected chi connectivity index (χ4v) is 1.82. The second kappa shape index (κ2) is 4.38. The fraction of sp³-hybridized carbons (Fsp3) is 0.417. The van der Waals surface area contributed by atoms with E-state index in [1.54, 1.807) is 18.3 Å². The van der Waals surface area contributed by atoms with Crippen molar-refractivity contribution in [1.29, 1.82) is 0 Å². The molecule has 1 aliphatic carbocycles. The quantitative estimate of drug-likeness (QED) is 0.807. The first-order valence-electron chi connectivity index (χ1n) is 5.93. The Morgan fingerprint density at radius 2 is 2.33 bits per heavy atom. The molecule has 94 valence electrons. The number of carbonyl (C=O) groups is 1. The van der Waals surface area contributed by atoms with Gasteiger partial charge in [0.15, 0.2) is 11.5 Å². The molecule has 0 amide bonds. The molecule has 0 bridgehead atoms. The lowest BCUT2D eigenvalue weighted by Crippen LogP contribution is -2.17. The van der Waals surface area contributed by atoms with Crippen LogP contribution in [0, 0.1) is 0 Å².